The molecule has 0 bridgehead atoms. The van der Waals surface area contributed by atoms with Crippen LogP contribution in [-0.4, -0.2) is 13.1 Å². The van der Waals surface area contributed by atoms with Crippen molar-refractivity contribution in [3.8, 4) is 0 Å². The Kier molecular flexibility index (Phi) is 6.41. The maximum Gasteiger partial charge on any atom is -0.00205 e. The van der Waals surface area contributed by atoms with Gasteiger partial charge in [0.05, 0.1) is 0 Å². The molecule has 0 radical (unpaired) electrons. The third-order valence-corrected chi connectivity index (χ3v) is 4.17. The van der Waals surface area contributed by atoms with Crippen LogP contribution in [0.3, 0.4) is 0 Å². The van der Waals surface area contributed by atoms with E-state index in [9.17, 15) is 0 Å². The van der Waals surface area contributed by atoms with Gasteiger partial charge in [-0.15, -0.1) is 0 Å². The molecule has 1 fully saturated rings. The Morgan fingerprint density at radius 1 is 1.00 bits per heavy atom. The van der Waals surface area contributed by atoms with Crippen LogP contribution < -0.4 is 5.32 Å². The van der Waals surface area contributed by atoms with E-state index in [0.717, 1.165) is 23.7 Å². The molecule has 0 unspecified atom stereocenters. The first-order chi connectivity index (χ1) is 7.59. The van der Waals surface area contributed by atoms with Gasteiger partial charge in [0.2, 0.25) is 0 Å². The van der Waals surface area contributed by atoms with E-state index in [1.807, 2.05) is 0 Å². The van der Waals surface area contributed by atoms with Crippen molar-refractivity contribution in [2.75, 3.05) is 13.1 Å². The highest BCUT2D eigenvalue weighted by atomic mass is 14.9. The van der Waals surface area contributed by atoms with Crippen LogP contribution >= 0.6 is 0 Å². The van der Waals surface area contributed by atoms with Crippen molar-refractivity contribution >= 4 is 0 Å². The minimum absolute atomic E-state index is 0.837. The second-order valence-corrected chi connectivity index (χ2v) is 6.41. The lowest BCUT2D eigenvalue weighted by Crippen LogP contribution is -2.28. The largest absolute Gasteiger partial charge is 0.316 e. The molecule has 1 N–H and O–H groups in total. The van der Waals surface area contributed by atoms with E-state index in [4.69, 9.17) is 0 Å². The number of nitrogens with one attached hydrogen (secondary N) is 1. The van der Waals surface area contributed by atoms with Gasteiger partial charge in [0, 0.05) is 0 Å². The number of rotatable bonds is 6. The van der Waals surface area contributed by atoms with Crippen molar-refractivity contribution < 1.29 is 0 Å². The zero-order valence-electron chi connectivity index (χ0n) is 11.8. The molecule has 0 aromatic heterocycles. The third kappa shape index (κ3) is 5.34. The van der Waals surface area contributed by atoms with Crippen LogP contribution in [0.25, 0.3) is 0 Å². The van der Waals surface area contributed by atoms with Gasteiger partial charge in [-0.3, -0.25) is 0 Å². The molecule has 1 aliphatic carbocycles. The molecule has 0 aromatic rings. The minimum Gasteiger partial charge on any atom is -0.316 e. The number of hydrogen-bond acceptors (Lipinski definition) is 1. The average Bonchev–Trinajstić information content (AvgIpc) is 2.25. The van der Waals surface area contributed by atoms with E-state index in [-0.39, 0.29) is 0 Å². The van der Waals surface area contributed by atoms with E-state index in [0.29, 0.717) is 0 Å². The smallest absolute Gasteiger partial charge is 0.00205 e. The molecule has 0 amide bonds. The van der Waals surface area contributed by atoms with Gasteiger partial charge in [-0.1, -0.05) is 27.7 Å². The van der Waals surface area contributed by atoms with Gasteiger partial charge >= 0.3 is 0 Å². The van der Waals surface area contributed by atoms with Gasteiger partial charge in [-0.25, -0.2) is 0 Å². The Labute approximate surface area is 102 Å². The summed E-state index contributed by atoms with van der Waals surface area (Å²) in [4.78, 5) is 0. The highest BCUT2D eigenvalue weighted by molar-refractivity contribution is 4.75. The summed E-state index contributed by atoms with van der Waals surface area (Å²) in [5, 5.41) is 3.63. The minimum atomic E-state index is 0.837. The topological polar surface area (TPSA) is 12.0 Å². The van der Waals surface area contributed by atoms with E-state index in [2.05, 4.69) is 33.0 Å². The maximum absolute atomic E-state index is 3.63. The Bertz CT molecular complexity index is 166. The van der Waals surface area contributed by atoms with Crippen molar-refractivity contribution in [1.29, 1.82) is 0 Å². The highest BCUT2D eigenvalue weighted by Gasteiger charge is 2.22. The summed E-state index contributed by atoms with van der Waals surface area (Å²) in [6.45, 7) is 11.8. The van der Waals surface area contributed by atoms with Crippen molar-refractivity contribution in [1.82, 2.24) is 5.32 Å². The molecule has 0 atom stereocenters. The van der Waals surface area contributed by atoms with E-state index < -0.39 is 0 Å². The summed E-state index contributed by atoms with van der Waals surface area (Å²) < 4.78 is 0. The molecule has 0 aliphatic heterocycles. The Balaban J connectivity index is 2.04. The van der Waals surface area contributed by atoms with E-state index >= 15 is 0 Å². The first-order valence-electron chi connectivity index (χ1n) is 7.30. The average molecular weight is 225 g/mol. The molecule has 1 aliphatic rings. The Morgan fingerprint density at radius 3 is 2.12 bits per heavy atom. The van der Waals surface area contributed by atoms with Crippen LogP contribution in [0.2, 0.25) is 0 Å². The highest BCUT2D eigenvalue weighted by Crippen LogP contribution is 2.32. The zero-order chi connectivity index (χ0) is 12.0. The van der Waals surface area contributed by atoms with Gasteiger partial charge in [0.1, 0.15) is 0 Å². The van der Waals surface area contributed by atoms with Crippen LogP contribution in [0.15, 0.2) is 0 Å². The summed E-state index contributed by atoms with van der Waals surface area (Å²) in [6, 6.07) is 0. The molecule has 0 heterocycles. The molecular formula is C15H31N. The standard InChI is InChI=1S/C15H31N/c1-12(2)9-10-16-11-14-5-7-15(8-6-14)13(3)4/h12-16H,5-11H2,1-4H3. The molecule has 96 valence electrons. The van der Waals surface area contributed by atoms with Gasteiger partial charge in [0.25, 0.3) is 0 Å². The second-order valence-electron chi connectivity index (χ2n) is 6.41. The van der Waals surface area contributed by atoms with E-state index in [1.54, 1.807) is 0 Å². The zero-order valence-corrected chi connectivity index (χ0v) is 11.8. The van der Waals surface area contributed by atoms with Crippen molar-refractivity contribution in [3.05, 3.63) is 0 Å². The lowest BCUT2D eigenvalue weighted by atomic mass is 9.77. The predicted molar refractivity (Wildman–Crippen MR) is 72.6 cm³/mol. The molecule has 1 nitrogen and oxygen atoms in total. The summed E-state index contributed by atoms with van der Waals surface area (Å²) >= 11 is 0. The van der Waals surface area contributed by atoms with Crippen LogP contribution in [0.1, 0.15) is 59.8 Å². The summed E-state index contributed by atoms with van der Waals surface area (Å²) in [5.74, 6) is 3.70. The molecule has 1 saturated carbocycles. The first-order valence-corrected chi connectivity index (χ1v) is 7.30. The van der Waals surface area contributed by atoms with E-state index in [1.165, 1.54) is 45.2 Å². The molecule has 1 heteroatoms. The van der Waals surface area contributed by atoms with Gasteiger partial charge in [-0.2, -0.15) is 0 Å². The Hall–Kier alpha value is -0.0400. The van der Waals surface area contributed by atoms with Crippen LogP contribution in [0, 0.1) is 23.7 Å². The molecule has 0 spiro atoms. The third-order valence-electron chi connectivity index (χ3n) is 4.17. The predicted octanol–water partition coefficient (Wildman–Crippen LogP) is 4.08. The summed E-state index contributed by atoms with van der Waals surface area (Å²) in [5.41, 5.74) is 0. The summed E-state index contributed by atoms with van der Waals surface area (Å²) in [6.07, 6.45) is 7.17. The molecule has 16 heavy (non-hydrogen) atoms. The molecule has 0 saturated heterocycles. The fraction of sp³-hybridized carbons (Fsp3) is 1.00. The fourth-order valence-corrected chi connectivity index (χ4v) is 2.76. The van der Waals surface area contributed by atoms with Crippen molar-refractivity contribution in [2.24, 2.45) is 23.7 Å². The lowest BCUT2D eigenvalue weighted by molar-refractivity contribution is 0.220. The maximum atomic E-state index is 3.63. The van der Waals surface area contributed by atoms with Crippen molar-refractivity contribution in [2.45, 2.75) is 59.8 Å². The van der Waals surface area contributed by atoms with Crippen LogP contribution in [-0.2, 0) is 0 Å². The summed E-state index contributed by atoms with van der Waals surface area (Å²) in [7, 11) is 0. The van der Waals surface area contributed by atoms with Crippen LogP contribution in [0.5, 0.6) is 0 Å². The normalized spacial score (nSPS) is 26.6. The Morgan fingerprint density at radius 2 is 1.62 bits per heavy atom. The van der Waals surface area contributed by atoms with Gasteiger partial charge < -0.3 is 5.32 Å². The molecule has 1 rings (SSSR count). The van der Waals surface area contributed by atoms with Crippen molar-refractivity contribution in [3.63, 3.8) is 0 Å². The van der Waals surface area contributed by atoms with Gasteiger partial charge in [-0.05, 0) is 68.9 Å². The van der Waals surface area contributed by atoms with Gasteiger partial charge in [0.15, 0.2) is 0 Å². The molecular weight excluding hydrogens is 194 g/mol. The second kappa shape index (κ2) is 7.32. The SMILES string of the molecule is CC(C)CCNCC1CCC(C(C)C)CC1. The monoisotopic (exact) mass is 225 g/mol. The quantitative estimate of drug-likeness (QED) is 0.672. The van der Waals surface area contributed by atoms with Crippen LogP contribution in [0.4, 0.5) is 0 Å². The first kappa shape index (κ1) is 14.0. The molecule has 0 aromatic carbocycles. The fourth-order valence-electron chi connectivity index (χ4n) is 2.76. The number of hydrogen-bond donors (Lipinski definition) is 1. The lowest BCUT2D eigenvalue weighted by Gasteiger charge is -2.31.